The number of carbonyl (C=O) groups is 1. The Balaban J connectivity index is 0.000000861. The first-order valence-electron chi connectivity index (χ1n) is 6.44. The molecule has 3 N–H and O–H groups in total. The molecule has 0 radical (unpaired) electrons. The van der Waals surface area contributed by atoms with Crippen molar-refractivity contribution in [3.05, 3.63) is 22.3 Å². The standard InChI is InChI=1S/C14H18O3.CH5N/c1-8-9(2)13-11(10(3)12(8)16)5-6-14(4,7-15)17-13;1-2/h7,16H,5-6H2,1-4H3;2H2,1H3/t14-;/m0./s1. The van der Waals surface area contributed by atoms with Crippen LogP contribution in [0.3, 0.4) is 0 Å². The van der Waals surface area contributed by atoms with Gasteiger partial charge >= 0.3 is 0 Å². The lowest BCUT2D eigenvalue weighted by atomic mass is 9.88. The molecular formula is C15H23NO3. The molecule has 0 amide bonds. The maximum absolute atomic E-state index is 11.1. The quantitative estimate of drug-likeness (QED) is 0.763. The lowest BCUT2D eigenvalue weighted by molar-refractivity contribution is -0.121. The number of nitrogens with two attached hydrogens (primary N) is 1. The van der Waals surface area contributed by atoms with E-state index in [9.17, 15) is 9.90 Å². The zero-order valence-corrected chi connectivity index (χ0v) is 12.3. The predicted octanol–water partition coefficient (Wildman–Crippen LogP) is 2.17. The van der Waals surface area contributed by atoms with Crippen LogP contribution in [0.25, 0.3) is 0 Å². The van der Waals surface area contributed by atoms with Crippen LogP contribution in [0.2, 0.25) is 0 Å². The lowest BCUT2D eigenvalue weighted by Crippen LogP contribution is -2.38. The van der Waals surface area contributed by atoms with Gasteiger partial charge in [-0.3, -0.25) is 4.79 Å². The van der Waals surface area contributed by atoms with Gasteiger partial charge in [0.25, 0.3) is 0 Å². The maximum Gasteiger partial charge on any atom is 0.163 e. The molecule has 0 spiro atoms. The molecule has 1 heterocycles. The molecule has 0 fully saturated rings. The van der Waals surface area contributed by atoms with Crippen LogP contribution in [0.4, 0.5) is 0 Å². The van der Waals surface area contributed by atoms with Gasteiger partial charge in [-0.15, -0.1) is 0 Å². The Morgan fingerprint density at radius 2 is 1.79 bits per heavy atom. The average molecular weight is 265 g/mol. The SMILES string of the molecule is CN.Cc1c(C)c2c(c(C)c1O)CC[C@@](C)(C=O)O2. The Morgan fingerprint density at radius 3 is 2.32 bits per heavy atom. The van der Waals surface area contributed by atoms with Crippen LogP contribution in [0.15, 0.2) is 0 Å². The first kappa shape index (κ1) is 15.5. The van der Waals surface area contributed by atoms with Crippen molar-refractivity contribution in [3.63, 3.8) is 0 Å². The van der Waals surface area contributed by atoms with E-state index in [1.165, 1.54) is 7.05 Å². The number of hydrogen-bond acceptors (Lipinski definition) is 4. The highest BCUT2D eigenvalue weighted by Gasteiger charge is 2.34. The third kappa shape index (κ3) is 2.59. The predicted molar refractivity (Wildman–Crippen MR) is 75.8 cm³/mol. The van der Waals surface area contributed by atoms with E-state index in [-0.39, 0.29) is 0 Å². The number of aldehydes is 1. The van der Waals surface area contributed by atoms with Gasteiger partial charge in [-0.25, -0.2) is 0 Å². The van der Waals surface area contributed by atoms with Crippen molar-refractivity contribution in [2.45, 2.75) is 46.1 Å². The van der Waals surface area contributed by atoms with Gasteiger partial charge < -0.3 is 15.6 Å². The molecule has 1 atom stereocenters. The van der Waals surface area contributed by atoms with Crippen molar-refractivity contribution in [2.75, 3.05) is 7.05 Å². The van der Waals surface area contributed by atoms with Crippen LogP contribution in [-0.4, -0.2) is 24.0 Å². The second-order valence-corrected chi connectivity index (χ2v) is 5.06. The fraction of sp³-hybridized carbons (Fsp3) is 0.533. The number of aromatic hydroxyl groups is 1. The molecule has 19 heavy (non-hydrogen) atoms. The summed E-state index contributed by atoms with van der Waals surface area (Å²) in [6, 6.07) is 0. The van der Waals surface area contributed by atoms with E-state index in [0.717, 1.165) is 40.7 Å². The average Bonchev–Trinajstić information content (AvgIpc) is 2.45. The molecule has 1 aliphatic rings. The van der Waals surface area contributed by atoms with E-state index >= 15 is 0 Å². The van der Waals surface area contributed by atoms with Crippen molar-refractivity contribution in [3.8, 4) is 11.5 Å². The summed E-state index contributed by atoms with van der Waals surface area (Å²) < 4.78 is 5.84. The van der Waals surface area contributed by atoms with Crippen LogP contribution >= 0.6 is 0 Å². The summed E-state index contributed by atoms with van der Waals surface area (Å²) in [5, 5.41) is 10.0. The van der Waals surface area contributed by atoms with Crippen molar-refractivity contribution >= 4 is 6.29 Å². The highest BCUT2D eigenvalue weighted by atomic mass is 16.5. The van der Waals surface area contributed by atoms with Gasteiger partial charge in [0.2, 0.25) is 0 Å². The molecular weight excluding hydrogens is 242 g/mol. The minimum atomic E-state index is -0.729. The molecule has 106 valence electrons. The Kier molecular flexibility index (Phi) is 4.58. The van der Waals surface area contributed by atoms with Gasteiger partial charge in [0, 0.05) is 5.56 Å². The summed E-state index contributed by atoms with van der Waals surface area (Å²) in [7, 11) is 1.50. The molecule has 0 saturated carbocycles. The fourth-order valence-corrected chi connectivity index (χ4v) is 2.35. The second-order valence-electron chi connectivity index (χ2n) is 5.06. The number of phenols is 1. The molecule has 4 heteroatoms. The van der Waals surface area contributed by atoms with E-state index in [2.05, 4.69) is 5.73 Å². The Bertz CT molecular complexity index is 497. The number of hydrogen-bond donors (Lipinski definition) is 2. The van der Waals surface area contributed by atoms with E-state index in [1.54, 1.807) is 6.92 Å². The smallest absolute Gasteiger partial charge is 0.163 e. The molecule has 0 aliphatic carbocycles. The lowest BCUT2D eigenvalue weighted by Gasteiger charge is -2.34. The minimum absolute atomic E-state index is 0.347. The summed E-state index contributed by atoms with van der Waals surface area (Å²) >= 11 is 0. The minimum Gasteiger partial charge on any atom is -0.507 e. The van der Waals surface area contributed by atoms with Crippen molar-refractivity contribution < 1.29 is 14.6 Å². The molecule has 0 saturated heterocycles. The number of rotatable bonds is 1. The maximum atomic E-state index is 11.1. The van der Waals surface area contributed by atoms with Crippen molar-refractivity contribution in [1.82, 2.24) is 0 Å². The van der Waals surface area contributed by atoms with Gasteiger partial charge in [-0.2, -0.15) is 0 Å². The third-order valence-electron chi connectivity index (χ3n) is 3.80. The van der Waals surface area contributed by atoms with Crippen LogP contribution < -0.4 is 10.5 Å². The van der Waals surface area contributed by atoms with Gasteiger partial charge in [-0.1, -0.05) is 0 Å². The highest BCUT2D eigenvalue weighted by Crippen LogP contribution is 2.42. The van der Waals surface area contributed by atoms with E-state index < -0.39 is 5.60 Å². The molecule has 2 rings (SSSR count). The number of phenolic OH excluding ortho intramolecular Hbond substituents is 1. The van der Waals surface area contributed by atoms with E-state index in [4.69, 9.17) is 4.74 Å². The van der Waals surface area contributed by atoms with Gasteiger partial charge in [0.15, 0.2) is 11.9 Å². The van der Waals surface area contributed by atoms with E-state index in [0.29, 0.717) is 12.2 Å². The van der Waals surface area contributed by atoms with Gasteiger partial charge in [0.05, 0.1) is 0 Å². The first-order valence-corrected chi connectivity index (χ1v) is 6.44. The topological polar surface area (TPSA) is 72.5 Å². The molecule has 1 aliphatic heterocycles. The molecule has 1 aromatic carbocycles. The number of benzene rings is 1. The largest absolute Gasteiger partial charge is 0.507 e. The van der Waals surface area contributed by atoms with Crippen molar-refractivity contribution in [2.24, 2.45) is 5.73 Å². The molecule has 4 nitrogen and oxygen atoms in total. The third-order valence-corrected chi connectivity index (χ3v) is 3.80. The van der Waals surface area contributed by atoms with Crippen LogP contribution in [0, 0.1) is 20.8 Å². The Labute approximate surface area is 114 Å². The van der Waals surface area contributed by atoms with E-state index in [1.807, 2.05) is 20.8 Å². The van der Waals surface area contributed by atoms with Crippen molar-refractivity contribution in [1.29, 1.82) is 0 Å². The van der Waals surface area contributed by atoms with Crippen LogP contribution in [0.5, 0.6) is 11.5 Å². The molecule has 0 unspecified atom stereocenters. The fourth-order valence-electron chi connectivity index (χ4n) is 2.35. The first-order chi connectivity index (χ1) is 8.89. The Hall–Kier alpha value is -1.55. The molecule has 0 bridgehead atoms. The monoisotopic (exact) mass is 265 g/mol. The molecule has 1 aromatic rings. The van der Waals surface area contributed by atoms with Gasteiger partial charge in [-0.05, 0) is 64.3 Å². The molecule has 0 aromatic heterocycles. The summed E-state index contributed by atoms with van der Waals surface area (Å²) in [5.41, 5.74) is 7.43. The number of carbonyl (C=O) groups excluding carboxylic acids is 1. The zero-order valence-electron chi connectivity index (χ0n) is 12.3. The second kappa shape index (κ2) is 5.61. The van der Waals surface area contributed by atoms with Crippen LogP contribution in [0.1, 0.15) is 35.6 Å². The normalized spacial score (nSPS) is 20.7. The summed E-state index contributed by atoms with van der Waals surface area (Å²) in [4.78, 5) is 11.1. The van der Waals surface area contributed by atoms with Crippen LogP contribution in [-0.2, 0) is 11.2 Å². The number of ether oxygens (including phenoxy) is 1. The highest BCUT2D eigenvalue weighted by molar-refractivity contribution is 5.66. The van der Waals surface area contributed by atoms with Gasteiger partial charge in [0.1, 0.15) is 11.5 Å². The zero-order chi connectivity index (χ0) is 14.8. The summed E-state index contributed by atoms with van der Waals surface area (Å²) in [5.74, 6) is 1.12. The summed E-state index contributed by atoms with van der Waals surface area (Å²) in [6.07, 6.45) is 2.30. The number of fused-ring (bicyclic) bond motifs is 1. The Morgan fingerprint density at radius 1 is 1.21 bits per heavy atom. The summed E-state index contributed by atoms with van der Waals surface area (Å²) in [6.45, 7) is 7.49.